The molecule has 7 heteroatoms. The number of hydrogen-bond donors (Lipinski definition) is 0. The summed E-state index contributed by atoms with van der Waals surface area (Å²) in [6.07, 6.45) is 37.1. The second kappa shape index (κ2) is 34.5. The molecule has 0 rings (SSSR count). The predicted octanol–water partition coefficient (Wildman–Crippen LogP) is 11.6. The average molecular weight is 690 g/mol. The standard InChI is InChI=1S/C40H84NO5P/c1-6-8-10-12-14-16-18-20-22-24-26-28-30-32-35-44-38-40(39-46-47(42,43)37-34-41(3,4)5)45-36-33-31-29-27-25-23-21-19-17-15-13-11-9-7-2/h40H,6-39H2,1-5H3/t40-/m1/s1. The molecule has 0 radical (unpaired) electrons. The quantitative estimate of drug-likeness (QED) is 0.0365. The lowest BCUT2D eigenvalue weighted by molar-refractivity contribution is -0.868. The summed E-state index contributed by atoms with van der Waals surface area (Å²) >= 11 is 0. The van der Waals surface area contributed by atoms with Gasteiger partial charge < -0.3 is 27.9 Å². The van der Waals surface area contributed by atoms with Gasteiger partial charge in [0.15, 0.2) is 0 Å². The number of unbranched alkanes of at least 4 members (excludes halogenated alkanes) is 26. The Balaban J connectivity index is 4.04. The van der Waals surface area contributed by atoms with Crippen LogP contribution >= 0.6 is 7.60 Å². The summed E-state index contributed by atoms with van der Waals surface area (Å²) < 4.78 is 30.6. The molecule has 0 bridgehead atoms. The van der Waals surface area contributed by atoms with Crippen LogP contribution in [0.3, 0.4) is 0 Å². The average Bonchev–Trinajstić information content (AvgIpc) is 3.03. The summed E-state index contributed by atoms with van der Waals surface area (Å²) in [5.41, 5.74) is 0. The van der Waals surface area contributed by atoms with Gasteiger partial charge in [-0.15, -0.1) is 0 Å². The second-order valence-corrected chi connectivity index (χ2v) is 17.3. The first-order valence-corrected chi connectivity index (χ1v) is 22.4. The maximum atomic E-state index is 12.5. The third-order valence-corrected chi connectivity index (χ3v) is 10.6. The minimum absolute atomic E-state index is 0.0437. The third-order valence-electron chi connectivity index (χ3n) is 9.30. The molecule has 0 aliphatic heterocycles. The fourth-order valence-electron chi connectivity index (χ4n) is 5.99. The van der Waals surface area contributed by atoms with Gasteiger partial charge in [-0.2, -0.15) is 0 Å². The molecule has 0 aliphatic carbocycles. The molecule has 2 atom stereocenters. The van der Waals surface area contributed by atoms with E-state index in [4.69, 9.17) is 14.0 Å². The number of rotatable bonds is 39. The van der Waals surface area contributed by atoms with Gasteiger partial charge in [-0.1, -0.05) is 181 Å². The van der Waals surface area contributed by atoms with Crippen molar-refractivity contribution in [1.29, 1.82) is 0 Å². The largest absolute Gasteiger partial charge is 0.778 e. The monoisotopic (exact) mass is 690 g/mol. The molecule has 284 valence electrons. The maximum Gasteiger partial charge on any atom is 0.140 e. The molecule has 1 unspecified atom stereocenters. The summed E-state index contributed by atoms with van der Waals surface area (Å²) in [7, 11) is 2.09. The topological polar surface area (TPSA) is 67.8 Å². The highest BCUT2D eigenvalue weighted by molar-refractivity contribution is 7.51. The predicted molar refractivity (Wildman–Crippen MR) is 203 cm³/mol. The van der Waals surface area contributed by atoms with Crippen LogP contribution in [0.15, 0.2) is 0 Å². The lowest BCUT2D eigenvalue weighted by Gasteiger charge is -2.30. The van der Waals surface area contributed by atoms with E-state index in [1.165, 1.54) is 161 Å². The Morgan fingerprint density at radius 1 is 0.511 bits per heavy atom. The van der Waals surface area contributed by atoms with Crippen molar-refractivity contribution in [3.8, 4) is 0 Å². The van der Waals surface area contributed by atoms with Gasteiger partial charge in [0.2, 0.25) is 0 Å². The molecule has 0 aromatic heterocycles. The fraction of sp³-hybridized carbons (Fsp3) is 1.00. The van der Waals surface area contributed by atoms with Gasteiger partial charge in [0.25, 0.3) is 0 Å². The van der Waals surface area contributed by atoms with Gasteiger partial charge in [-0.3, -0.25) is 0 Å². The lowest BCUT2D eigenvalue weighted by atomic mass is 10.0. The normalized spacial score (nSPS) is 14.1. The van der Waals surface area contributed by atoms with Crippen molar-refractivity contribution in [2.45, 2.75) is 200 Å². The van der Waals surface area contributed by atoms with E-state index in [1.807, 2.05) is 21.1 Å². The van der Waals surface area contributed by atoms with Gasteiger partial charge in [0.05, 0.1) is 47.1 Å². The lowest BCUT2D eigenvalue weighted by Crippen LogP contribution is -2.38. The molecule has 0 N–H and O–H groups in total. The second-order valence-electron chi connectivity index (χ2n) is 15.4. The smallest absolute Gasteiger partial charge is 0.140 e. The first-order valence-electron chi connectivity index (χ1n) is 20.6. The molecule has 0 amide bonds. The summed E-state index contributed by atoms with van der Waals surface area (Å²) in [6.45, 7) is 6.87. The first-order chi connectivity index (χ1) is 22.7. The highest BCUT2D eigenvalue weighted by Gasteiger charge is 2.18. The van der Waals surface area contributed by atoms with Crippen molar-refractivity contribution in [3.05, 3.63) is 0 Å². The zero-order valence-electron chi connectivity index (χ0n) is 32.6. The molecule has 0 saturated carbocycles. The zero-order chi connectivity index (χ0) is 34.7. The summed E-state index contributed by atoms with van der Waals surface area (Å²) in [4.78, 5) is 12.5. The molecule has 0 heterocycles. The van der Waals surface area contributed by atoms with E-state index in [2.05, 4.69) is 13.8 Å². The van der Waals surface area contributed by atoms with E-state index in [0.29, 0.717) is 30.8 Å². The van der Waals surface area contributed by atoms with Crippen molar-refractivity contribution in [3.63, 3.8) is 0 Å². The van der Waals surface area contributed by atoms with Crippen molar-refractivity contribution < 1.29 is 27.9 Å². The minimum atomic E-state index is -3.89. The highest BCUT2D eigenvalue weighted by Crippen LogP contribution is 2.37. The molecule has 0 saturated heterocycles. The SMILES string of the molecule is CCCCCCCCCCCCCCCCOC[C@H](COP(=O)([O-])CC[N+](C)(C)C)OCCCCCCCCCCCCCCCC. The van der Waals surface area contributed by atoms with Crippen LogP contribution in [0.5, 0.6) is 0 Å². The maximum absolute atomic E-state index is 12.5. The Hall–Kier alpha value is 0.0300. The summed E-state index contributed by atoms with van der Waals surface area (Å²) in [6, 6.07) is 0. The molecule has 0 spiro atoms. The van der Waals surface area contributed by atoms with Crippen molar-refractivity contribution in [1.82, 2.24) is 0 Å². The Kier molecular flexibility index (Phi) is 34.5. The van der Waals surface area contributed by atoms with E-state index in [1.54, 1.807) is 0 Å². The van der Waals surface area contributed by atoms with E-state index < -0.39 is 7.60 Å². The number of hydrogen-bond acceptors (Lipinski definition) is 5. The van der Waals surface area contributed by atoms with Crippen LogP contribution in [-0.4, -0.2) is 70.9 Å². The molecule has 0 aromatic rings. The number of quaternary nitrogens is 1. The van der Waals surface area contributed by atoms with Gasteiger partial charge >= 0.3 is 0 Å². The summed E-state index contributed by atoms with van der Waals surface area (Å²) in [5.74, 6) is 0. The van der Waals surface area contributed by atoms with Crippen LogP contribution in [0.2, 0.25) is 0 Å². The molecular weight excluding hydrogens is 605 g/mol. The van der Waals surface area contributed by atoms with Crippen LogP contribution in [-0.2, 0) is 18.6 Å². The van der Waals surface area contributed by atoms with Crippen LogP contribution in [0.25, 0.3) is 0 Å². The van der Waals surface area contributed by atoms with E-state index >= 15 is 0 Å². The number of ether oxygens (including phenoxy) is 2. The van der Waals surface area contributed by atoms with Crippen molar-refractivity contribution in [2.24, 2.45) is 0 Å². The molecular formula is C40H84NO5P. The van der Waals surface area contributed by atoms with Gasteiger partial charge in [-0.25, -0.2) is 0 Å². The van der Waals surface area contributed by atoms with Crippen LogP contribution < -0.4 is 4.89 Å². The van der Waals surface area contributed by atoms with Gasteiger partial charge in [-0.05, 0) is 12.8 Å². The van der Waals surface area contributed by atoms with Gasteiger partial charge in [0, 0.05) is 13.2 Å². The van der Waals surface area contributed by atoms with E-state index in [-0.39, 0.29) is 18.9 Å². The molecule has 0 aliphatic rings. The fourth-order valence-corrected chi connectivity index (χ4v) is 7.36. The molecule has 47 heavy (non-hydrogen) atoms. The molecule has 0 aromatic carbocycles. The van der Waals surface area contributed by atoms with Crippen LogP contribution in [0.4, 0.5) is 0 Å². The Morgan fingerprint density at radius 3 is 1.21 bits per heavy atom. The van der Waals surface area contributed by atoms with Crippen LogP contribution in [0.1, 0.15) is 194 Å². The highest BCUT2D eigenvalue weighted by atomic mass is 31.2. The number of nitrogens with zero attached hydrogens (tertiary/aromatic N) is 1. The molecule has 0 fully saturated rings. The van der Waals surface area contributed by atoms with Crippen molar-refractivity contribution >= 4 is 7.60 Å². The Labute approximate surface area is 295 Å². The Morgan fingerprint density at radius 2 is 0.851 bits per heavy atom. The first kappa shape index (κ1) is 47.0. The third kappa shape index (κ3) is 38.7. The Bertz CT molecular complexity index is 671. The van der Waals surface area contributed by atoms with Crippen LogP contribution in [0, 0.1) is 0 Å². The van der Waals surface area contributed by atoms with E-state index in [9.17, 15) is 9.46 Å². The van der Waals surface area contributed by atoms with Gasteiger partial charge in [0.1, 0.15) is 13.7 Å². The van der Waals surface area contributed by atoms with Crippen molar-refractivity contribution in [2.75, 3.05) is 60.3 Å². The summed E-state index contributed by atoms with van der Waals surface area (Å²) in [5, 5.41) is 0. The molecule has 6 nitrogen and oxygen atoms in total. The van der Waals surface area contributed by atoms with E-state index in [0.717, 1.165) is 19.3 Å². The minimum Gasteiger partial charge on any atom is -0.778 e. The zero-order valence-corrected chi connectivity index (χ0v) is 33.4.